The molecule has 0 saturated carbocycles. The van der Waals surface area contributed by atoms with Gasteiger partial charge in [0.25, 0.3) is 8.53 Å². The van der Waals surface area contributed by atoms with Crippen molar-refractivity contribution in [2.45, 2.75) is 82.8 Å². The summed E-state index contributed by atoms with van der Waals surface area (Å²) in [6.45, 7) is 8.32. The summed E-state index contributed by atoms with van der Waals surface area (Å²) < 4.78 is 30.8. The first-order valence-electron chi connectivity index (χ1n) is 19.7. The fourth-order valence-electron chi connectivity index (χ4n) is 7.71. The second-order valence-corrected chi connectivity index (χ2v) is 16.2. The molecule has 1 saturated heterocycles. The van der Waals surface area contributed by atoms with E-state index in [0.29, 0.717) is 23.1 Å². The number of anilines is 1. The van der Waals surface area contributed by atoms with E-state index >= 15 is 0 Å². The van der Waals surface area contributed by atoms with Gasteiger partial charge in [-0.15, -0.1) is 0 Å². The summed E-state index contributed by atoms with van der Waals surface area (Å²) >= 11 is 0. The van der Waals surface area contributed by atoms with Crippen LogP contribution < -0.4 is 11.1 Å². The molecule has 13 nitrogen and oxygen atoms in total. The highest BCUT2D eigenvalue weighted by molar-refractivity contribution is 7.44. The number of carbonyl (C=O) groups is 1. The largest absolute Gasteiger partial charge is 0.429 e. The topological polar surface area (TPSA) is 163 Å². The first-order chi connectivity index (χ1) is 28.7. The Hall–Kier alpha value is -5.58. The number of nitriles is 1. The summed E-state index contributed by atoms with van der Waals surface area (Å²) in [5, 5.41) is 13.6. The first-order valence-corrected chi connectivity index (χ1v) is 20.9. The van der Waals surface area contributed by atoms with E-state index < -0.39 is 44.7 Å². The molecule has 5 atom stereocenters. The van der Waals surface area contributed by atoms with Crippen LogP contribution in [0, 0.1) is 11.3 Å². The van der Waals surface area contributed by atoms with Gasteiger partial charge < -0.3 is 19.7 Å². The van der Waals surface area contributed by atoms with Crippen LogP contribution in [-0.4, -0.2) is 67.3 Å². The molecule has 7 rings (SSSR count). The van der Waals surface area contributed by atoms with Crippen molar-refractivity contribution in [3.8, 4) is 6.07 Å². The summed E-state index contributed by atoms with van der Waals surface area (Å²) in [7, 11) is -1.90. The van der Waals surface area contributed by atoms with Crippen LogP contribution in [0.1, 0.15) is 73.8 Å². The fraction of sp³-hybridized carbons (Fsp3) is 0.311. The van der Waals surface area contributed by atoms with E-state index in [4.69, 9.17) is 24.3 Å². The highest BCUT2D eigenvalue weighted by Crippen LogP contribution is 2.50. The molecule has 1 fully saturated rings. The lowest BCUT2D eigenvalue weighted by Crippen LogP contribution is -2.55. The molecule has 0 amide bonds. The van der Waals surface area contributed by atoms with Crippen LogP contribution in [0.4, 0.5) is 5.82 Å². The van der Waals surface area contributed by atoms with Crippen molar-refractivity contribution in [3.05, 3.63) is 156 Å². The molecule has 59 heavy (non-hydrogen) atoms. The lowest BCUT2D eigenvalue weighted by Gasteiger charge is -2.42. The Morgan fingerprint density at radius 2 is 1.46 bits per heavy atom. The van der Waals surface area contributed by atoms with E-state index in [1.54, 1.807) is 30.6 Å². The maximum absolute atomic E-state index is 14.2. The number of carbonyl (C=O) groups excluding carboxylic acids is 1. The Kier molecular flexibility index (Phi) is 13.4. The number of rotatable bonds is 17. The second kappa shape index (κ2) is 19.0. The lowest BCUT2D eigenvalue weighted by atomic mass is 9.76. The minimum absolute atomic E-state index is 0.0239. The van der Waals surface area contributed by atoms with E-state index in [2.05, 4.69) is 95.1 Å². The Labute approximate surface area is 346 Å². The van der Waals surface area contributed by atoms with Crippen LogP contribution in [0.2, 0.25) is 0 Å². The molecule has 1 aliphatic rings. The number of nitrogen functional groups attached to an aromatic ring is 1. The van der Waals surface area contributed by atoms with Crippen molar-refractivity contribution in [2.24, 2.45) is 0 Å². The van der Waals surface area contributed by atoms with Gasteiger partial charge in [-0.1, -0.05) is 109 Å². The number of benzene rings is 4. The zero-order valence-corrected chi connectivity index (χ0v) is 34.4. The van der Waals surface area contributed by atoms with Gasteiger partial charge in [0, 0.05) is 24.5 Å². The molecule has 2 unspecified atom stereocenters. The quantitative estimate of drug-likeness (QED) is 0.0300. The fourth-order valence-corrected chi connectivity index (χ4v) is 9.36. The van der Waals surface area contributed by atoms with E-state index in [-0.39, 0.29) is 30.9 Å². The van der Waals surface area contributed by atoms with Crippen LogP contribution in [0.3, 0.4) is 0 Å². The van der Waals surface area contributed by atoms with Crippen molar-refractivity contribution in [1.29, 1.82) is 5.26 Å². The molecule has 2 aromatic heterocycles. The molecule has 1 aliphatic heterocycles. The van der Waals surface area contributed by atoms with Gasteiger partial charge in [-0.2, -0.15) is 5.26 Å². The molecule has 6 aromatic rings. The maximum Gasteiger partial charge on any atom is 0.340 e. The van der Waals surface area contributed by atoms with E-state index in [9.17, 15) is 10.1 Å². The molecule has 0 aliphatic carbocycles. The van der Waals surface area contributed by atoms with E-state index in [1.165, 1.54) is 6.33 Å². The third-order valence-corrected chi connectivity index (χ3v) is 12.3. The highest BCUT2D eigenvalue weighted by atomic mass is 31.2. The average Bonchev–Trinajstić information content (AvgIpc) is 3.89. The van der Waals surface area contributed by atoms with Crippen molar-refractivity contribution in [1.82, 2.24) is 29.5 Å². The Morgan fingerprint density at radius 3 is 2.00 bits per heavy atom. The van der Waals surface area contributed by atoms with Gasteiger partial charge in [-0.25, -0.2) is 24.4 Å². The molecule has 0 bridgehead atoms. The predicted octanol–water partition coefficient (Wildman–Crippen LogP) is 8.12. The minimum Gasteiger partial charge on any atom is -0.429 e. The Morgan fingerprint density at radius 1 is 0.898 bits per heavy atom. The number of nitrogens with zero attached hydrogens (tertiary/aromatic N) is 6. The predicted molar refractivity (Wildman–Crippen MR) is 226 cm³/mol. The number of imidazole rings is 1. The SMILES string of the molecule is CC(C)N(C(C)C)P(OCCC#N)OC(OC(=O)c1ccccc1)[C@H]1O[C@@H](n2cnc3c(N)ncnc32)C[C@@H]1NC(c1ccccc1)(c1ccccc1)c1ccccc1. The minimum atomic E-state index is -1.90. The number of hydrogen-bond donors (Lipinski definition) is 2. The molecule has 4 aromatic carbocycles. The van der Waals surface area contributed by atoms with Gasteiger partial charge >= 0.3 is 5.97 Å². The van der Waals surface area contributed by atoms with E-state index in [0.717, 1.165) is 16.7 Å². The van der Waals surface area contributed by atoms with Crippen molar-refractivity contribution < 1.29 is 23.3 Å². The molecule has 0 radical (unpaired) electrons. The van der Waals surface area contributed by atoms with Gasteiger partial charge in [0.05, 0.1) is 36.5 Å². The molecular weight excluding hydrogens is 764 g/mol. The lowest BCUT2D eigenvalue weighted by molar-refractivity contribution is -0.149. The number of fused-ring (bicyclic) bond motifs is 1. The Balaban J connectivity index is 1.40. The molecule has 3 N–H and O–H groups in total. The third-order valence-electron chi connectivity index (χ3n) is 10.2. The summed E-state index contributed by atoms with van der Waals surface area (Å²) in [6.07, 6.45) is 0.631. The zero-order valence-electron chi connectivity index (χ0n) is 33.5. The monoisotopic (exact) mass is 812 g/mol. The summed E-state index contributed by atoms with van der Waals surface area (Å²) in [5.74, 6) is -0.349. The van der Waals surface area contributed by atoms with Gasteiger partial charge in [0.1, 0.15) is 24.2 Å². The summed E-state index contributed by atoms with van der Waals surface area (Å²) in [6, 6.07) is 41.1. The standard InChI is InChI=1S/C45H49N8O5P/c1-31(2)53(32(3)4)59(55-27-17-26-46)58-44(57-43(54)33-18-9-5-10-19-33)40-37(28-38(56-40)52-30-50-39-41(47)48-29-49-42(39)52)51-45(34-20-11-6-12-21-34,35-22-13-7-14-23-35)36-24-15-8-16-25-36/h5-16,18-25,29-32,37-38,40,44,51H,17,27-28H2,1-4H3,(H2,47,48,49)/t37-,38+,40-,44?,59?/m0/s1. The van der Waals surface area contributed by atoms with Gasteiger partial charge in [-0.3, -0.25) is 14.4 Å². The van der Waals surface area contributed by atoms with Crippen LogP contribution in [0.15, 0.2) is 134 Å². The van der Waals surface area contributed by atoms with Gasteiger partial charge in [-0.05, 0) is 56.5 Å². The first kappa shape index (κ1) is 41.6. The molecular formula is C45H49N8O5P. The normalized spacial score (nSPS) is 18.0. The van der Waals surface area contributed by atoms with Crippen LogP contribution in [-0.2, 0) is 24.1 Å². The van der Waals surface area contributed by atoms with Crippen molar-refractivity contribution in [3.63, 3.8) is 0 Å². The number of ether oxygens (including phenoxy) is 2. The van der Waals surface area contributed by atoms with Gasteiger partial charge in [0.15, 0.2) is 11.5 Å². The molecule has 3 heterocycles. The van der Waals surface area contributed by atoms with Crippen molar-refractivity contribution >= 4 is 31.5 Å². The van der Waals surface area contributed by atoms with E-state index in [1.807, 2.05) is 65.2 Å². The highest BCUT2D eigenvalue weighted by Gasteiger charge is 2.50. The Bertz CT molecular complexity index is 2210. The summed E-state index contributed by atoms with van der Waals surface area (Å²) in [5.41, 5.74) is 9.56. The number of hydrogen-bond acceptors (Lipinski definition) is 12. The number of nitrogens with one attached hydrogen (secondary N) is 1. The smallest absolute Gasteiger partial charge is 0.340 e. The number of esters is 1. The second-order valence-electron chi connectivity index (χ2n) is 14.8. The number of aromatic nitrogens is 4. The van der Waals surface area contributed by atoms with Crippen molar-refractivity contribution in [2.75, 3.05) is 12.3 Å². The van der Waals surface area contributed by atoms with Crippen LogP contribution in [0.5, 0.6) is 0 Å². The van der Waals surface area contributed by atoms with Gasteiger partial charge in [0.2, 0.25) is 6.29 Å². The summed E-state index contributed by atoms with van der Waals surface area (Å²) in [4.78, 5) is 27.4. The molecule has 14 heteroatoms. The zero-order chi connectivity index (χ0) is 41.4. The number of nitrogens with two attached hydrogens (primary N) is 1. The molecule has 0 spiro atoms. The third kappa shape index (κ3) is 9.04. The molecule has 304 valence electrons. The van der Waals surface area contributed by atoms with Crippen LogP contribution >= 0.6 is 8.53 Å². The average molecular weight is 813 g/mol. The maximum atomic E-state index is 14.2. The van der Waals surface area contributed by atoms with Crippen LogP contribution in [0.25, 0.3) is 11.2 Å².